The van der Waals surface area contributed by atoms with Crippen LogP contribution in [0.15, 0.2) is 30.3 Å². The molecule has 12 heavy (non-hydrogen) atoms. The molecule has 0 aliphatic carbocycles. The van der Waals surface area contributed by atoms with Gasteiger partial charge in [0.25, 0.3) is 0 Å². The zero-order valence-electron chi connectivity index (χ0n) is 7.92. The molecule has 1 rings (SSSR count). The molecule has 0 bridgehead atoms. The normalized spacial score (nSPS) is 5.00. The molecule has 0 saturated heterocycles. The van der Waals surface area contributed by atoms with Gasteiger partial charge in [0, 0.05) is 0 Å². The van der Waals surface area contributed by atoms with Crippen molar-refractivity contribution in [3.8, 4) is 0 Å². The second kappa shape index (κ2) is 29.8. The van der Waals surface area contributed by atoms with E-state index in [0.29, 0.717) is 0 Å². The fraction of sp³-hybridized carbons (Fsp3) is 0.333. The standard InChI is InChI=1S/C6H5.C2H6.CH4S.BrH.Mg/c1-2-4-6-5-3-1;2*1-2;;/h1-5H;1-2H3;2H,1H3;1H;/q-1;;;;+2/p-1. The van der Waals surface area contributed by atoms with Crippen LogP contribution in [0.1, 0.15) is 13.8 Å². The van der Waals surface area contributed by atoms with Gasteiger partial charge < -0.3 is 17.0 Å². The molecule has 0 aromatic heterocycles. The van der Waals surface area contributed by atoms with Crippen LogP contribution >= 0.6 is 12.6 Å². The van der Waals surface area contributed by atoms with Gasteiger partial charge in [0.15, 0.2) is 0 Å². The van der Waals surface area contributed by atoms with Crippen molar-refractivity contribution in [3.63, 3.8) is 0 Å². The van der Waals surface area contributed by atoms with Crippen LogP contribution in [-0.2, 0) is 0 Å². The quantitative estimate of drug-likeness (QED) is 0.369. The molecule has 1 aromatic carbocycles. The number of halogens is 1. The molecule has 0 aliphatic heterocycles. The van der Waals surface area contributed by atoms with Crippen molar-refractivity contribution in [1.29, 1.82) is 0 Å². The van der Waals surface area contributed by atoms with E-state index < -0.39 is 0 Å². The molecule has 0 amide bonds. The molecule has 0 fully saturated rings. The van der Waals surface area contributed by atoms with Gasteiger partial charge in [-0.2, -0.15) is 49.0 Å². The Kier molecular flexibility index (Phi) is 57.1. The predicted octanol–water partition coefficient (Wildman–Crippen LogP) is -0.318. The van der Waals surface area contributed by atoms with E-state index in [2.05, 4.69) is 18.7 Å². The maximum Gasteiger partial charge on any atom is 2.00 e. The number of hydrogen-bond donors (Lipinski definition) is 1. The summed E-state index contributed by atoms with van der Waals surface area (Å²) in [5, 5.41) is 0. The molecule has 0 atom stereocenters. The second-order valence-electron chi connectivity index (χ2n) is 1.08. The third-order valence-corrected chi connectivity index (χ3v) is 0.607. The Bertz CT molecular complexity index is 86.5. The van der Waals surface area contributed by atoms with Gasteiger partial charge in [-0.15, -0.1) is 0 Å². The Labute approximate surface area is 108 Å². The summed E-state index contributed by atoms with van der Waals surface area (Å²) in [6, 6.07) is 12.5. The summed E-state index contributed by atoms with van der Waals surface area (Å²) >= 11 is 3.53. The monoisotopic (exact) mass is 258 g/mol. The summed E-state index contributed by atoms with van der Waals surface area (Å²) in [6.07, 6.45) is 1.69. The molecule has 0 saturated carbocycles. The van der Waals surface area contributed by atoms with E-state index in [0.717, 1.165) is 0 Å². The van der Waals surface area contributed by atoms with Crippen LogP contribution in [0, 0.1) is 6.07 Å². The van der Waals surface area contributed by atoms with Crippen molar-refractivity contribution in [3.05, 3.63) is 36.4 Å². The van der Waals surface area contributed by atoms with Crippen molar-refractivity contribution in [1.82, 2.24) is 0 Å². The van der Waals surface area contributed by atoms with E-state index in [1.54, 1.807) is 6.26 Å². The minimum atomic E-state index is 0. The Morgan fingerprint density at radius 3 is 1.33 bits per heavy atom. The topological polar surface area (TPSA) is 0 Å². The van der Waals surface area contributed by atoms with Gasteiger partial charge >= 0.3 is 23.1 Å². The van der Waals surface area contributed by atoms with Gasteiger partial charge in [0.2, 0.25) is 0 Å². The van der Waals surface area contributed by atoms with Gasteiger partial charge in [-0.05, 0) is 6.26 Å². The molecule has 0 spiro atoms. The third-order valence-electron chi connectivity index (χ3n) is 0.607. The smallest absolute Gasteiger partial charge is 1.00 e. The van der Waals surface area contributed by atoms with Gasteiger partial charge in [0.05, 0.1) is 0 Å². The Morgan fingerprint density at radius 1 is 0.917 bits per heavy atom. The molecular weight excluding hydrogens is 244 g/mol. The molecule has 0 aliphatic rings. The minimum Gasteiger partial charge on any atom is -1.00 e. The van der Waals surface area contributed by atoms with Crippen LogP contribution in [0.4, 0.5) is 0 Å². The van der Waals surface area contributed by atoms with E-state index in [4.69, 9.17) is 0 Å². The summed E-state index contributed by atoms with van der Waals surface area (Å²) in [5.41, 5.74) is 0. The number of hydrogen-bond acceptors (Lipinski definition) is 1. The number of rotatable bonds is 0. The van der Waals surface area contributed by atoms with E-state index in [1.807, 2.05) is 44.2 Å². The Hall–Kier alpha value is 0.816. The maximum absolute atomic E-state index is 3.53. The van der Waals surface area contributed by atoms with Crippen molar-refractivity contribution in [2.45, 2.75) is 13.8 Å². The van der Waals surface area contributed by atoms with Gasteiger partial charge in [0.1, 0.15) is 0 Å². The van der Waals surface area contributed by atoms with Gasteiger partial charge in [-0.1, -0.05) is 13.8 Å². The first-order chi connectivity index (χ1) is 5.00. The first kappa shape index (κ1) is 23.0. The van der Waals surface area contributed by atoms with Crippen LogP contribution in [0.2, 0.25) is 0 Å². The molecule has 0 unspecified atom stereocenters. The fourth-order valence-corrected chi connectivity index (χ4v) is 0.342. The Morgan fingerprint density at radius 2 is 1.25 bits per heavy atom. The first-order valence-corrected chi connectivity index (χ1v) is 4.25. The molecule has 3 heteroatoms. The van der Waals surface area contributed by atoms with Crippen molar-refractivity contribution in [2.75, 3.05) is 6.26 Å². The van der Waals surface area contributed by atoms with Crippen LogP contribution in [0.5, 0.6) is 0 Å². The summed E-state index contributed by atoms with van der Waals surface area (Å²) in [7, 11) is 0. The van der Waals surface area contributed by atoms with Crippen LogP contribution in [0.25, 0.3) is 0 Å². The van der Waals surface area contributed by atoms with Crippen molar-refractivity contribution >= 4 is 35.7 Å². The second-order valence-corrected chi connectivity index (χ2v) is 1.08. The van der Waals surface area contributed by atoms with Crippen LogP contribution < -0.4 is 17.0 Å². The fourth-order valence-electron chi connectivity index (χ4n) is 0.342. The van der Waals surface area contributed by atoms with E-state index >= 15 is 0 Å². The summed E-state index contributed by atoms with van der Waals surface area (Å²) < 4.78 is 0. The molecule has 0 N–H and O–H groups in total. The van der Waals surface area contributed by atoms with Crippen LogP contribution in [0.3, 0.4) is 0 Å². The summed E-state index contributed by atoms with van der Waals surface area (Å²) in [5.74, 6) is 0. The van der Waals surface area contributed by atoms with E-state index in [1.165, 1.54) is 0 Å². The van der Waals surface area contributed by atoms with Crippen molar-refractivity contribution < 1.29 is 17.0 Å². The SMILES string of the molecule is CC.CS.[Br-].[Mg+2].[c-]1ccccc1. The maximum atomic E-state index is 3.53. The van der Waals surface area contributed by atoms with Gasteiger partial charge in [-0.25, -0.2) is 0 Å². The van der Waals surface area contributed by atoms with Crippen molar-refractivity contribution in [2.24, 2.45) is 0 Å². The molecule has 1 aromatic rings. The molecule has 66 valence electrons. The molecular formula is C9H15BrMgS. The average Bonchev–Trinajstić information content (AvgIpc) is 2.14. The van der Waals surface area contributed by atoms with E-state index in [-0.39, 0.29) is 40.0 Å². The first-order valence-electron chi connectivity index (χ1n) is 3.36. The third kappa shape index (κ3) is 22.4. The Balaban J connectivity index is -0.0000000480. The average molecular weight is 259 g/mol. The summed E-state index contributed by atoms with van der Waals surface area (Å²) in [4.78, 5) is 0. The largest absolute Gasteiger partial charge is 2.00 e. The zero-order valence-corrected chi connectivity index (χ0v) is 11.8. The number of benzene rings is 1. The predicted molar refractivity (Wildman–Crippen MR) is 57.3 cm³/mol. The van der Waals surface area contributed by atoms with E-state index in [9.17, 15) is 0 Å². The molecule has 0 nitrogen and oxygen atoms in total. The number of thiol groups is 1. The zero-order chi connectivity index (χ0) is 8.24. The minimum absolute atomic E-state index is 0. The molecule has 0 radical (unpaired) electrons. The summed E-state index contributed by atoms with van der Waals surface area (Å²) in [6.45, 7) is 4.00. The van der Waals surface area contributed by atoms with Gasteiger partial charge in [-0.3, -0.25) is 0 Å². The molecule has 0 heterocycles. The van der Waals surface area contributed by atoms with Crippen LogP contribution in [-0.4, -0.2) is 29.3 Å².